The molecule has 0 atom stereocenters. The second kappa shape index (κ2) is 8.82. The van der Waals surface area contributed by atoms with Gasteiger partial charge >= 0.3 is 6.09 Å². The highest BCUT2D eigenvalue weighted by Crippen LogP contribution is 2.35. The van der Waals surface area contributed by atoms with Crippen LogP contribution in [-0.2, 0) is 11.8 Å². The van der Waals surface area contributed by atoms with Crippen LogP contribution in [0.15, 0.2) is 42.9 Å². The number of carbonyl (C=O) groups is 1. The van der Waals surface area contributed by atoms with E-state index in [0.29, 0.717) is 18.1 Å². The summed E-state index contributed by atoms with van der Waals surface area (Å²) in [4.78, 5) is 16.0. The third-order valence-corrected chi connectivity index (χ3v) is 5.92. The summed E-state index contributed by atoms with van der Waals surface area (Å²) in [6.07, 6.45) is 6.55. The van der Waals surface area contributed by atoms with Gasteiger partial charge in [-0.3, -0.25) is 9.67 Å². The summed E-state index contributed by atoms with van der Waals surface area (Å²) in [5.41, 5.74) is 5.35. The molecule has 0 unspecified atom stereocenters. The van der Waals surface area contributed by atoms with Crippen LogP contribution in [0.3, 0.4) is 0 Å². The second-order valence-electron chi connectivity index (χ2n) is 8.33. The Kier molecular flexibility index (Phi) is 5.55. The molecule has 0 radical (unpaired) electrons. The lowest BCUT2D eigenvalue weighted by Crippen LogP contribution is -2.39. The molecule has 1 aliphatic carbocycles. The van der Waals surface area contributed by atoms with Crippen LogP contribution in [0, 0.1) is 17.2 Å². The molecule has 1 saturated carbocycles. The molecule has 11 nitrogen and oxygen atoms in total. The van der Waals surface area contributed by atoms with Gasteiger partial charge in [0.1, 0.15) is 11.8 Å². The number of alkyl carbamates (subject to hydrolysis) is 1. The SMILES string of the molecule is CNC(=O)OCC1CC(Nc2cc(-c3ccc4cc(C#N)cnn34)ncc2-c2cn(C)nn2)C1. The molecule has 4 aromatic heterocycles. The highest BCUT2D eigenvalue weighted by molar-refractivity contribution is 5.79. The number of anilines is 1. The summed E-state index contributed by atoms with van der Waals surface area (Å²) in [6.45, 7) is 0.406. The molecule has 2 N–H and O–H groups in total. The first-order valence-electron chi connectivity index (χ1n) is 10.9. The maximum Gasteiger partial charge on any atom is 0.406 e. The van der Waals surface area contributed by atoms with Gasteiger partial charge in [0, 0.05) is 37.6 Å². The van der Waals surface area contributed by atoms with E-state index in [0.717, 1.165) is 46.7 Å². The zero-order valence-electron chi connectivity index (χ0n) is 18.8. The number of pyridine rings is 1. The average molecular weight is 457 g/mol. The van der Waals surface area contributed by atoms with Crippen molar-refractivity contribution < 1.29 is 9.53 Å². The van der Waals surface area contributed by atoms with Crippen molar-refractivity contribution in [3.05, 3.63) is 48.4 Å². The molecule has 1 aliphatic rings. The lowest BCUT2D eigenvalue weighted by atomic mass is 9.80. The lowest BCUT2D eigenvalue weighted by molar-refractivity contribution is 0.100. The first kappa shape index (κ1) is 21.4. The van der Waals surface area contributed by atoms with Gasteiger partial charge < -0.3 is 15.4 Å². The number of nitrogens with zero attached hydrogens (tertiary/aromatic N) is 7. The fourth-order valence-corrected chi connectivity index (χ4v) is 4.12. The molecule has 34 heavy (non-hydrogen) atoms. The van der Waals surface area contributed by atoms with E-state index in [1.165, 1.54) is 0 Å². The highest BCUT2D eigenvalue weighted by atomic mass is 16.5. The van der Waals surface area contributed by atoms with Gasteiger partial charge in [-0.05, 0) is 43.0 Å². The van der Waals surface area contributed by atoms with E-state index in [9.17, 15) is 4.79 Å². The Balaban J connectivity index is 1.42. The van der Waals surface area contributed by atoms with Crippen LogP contribution in [0.4, 0.5) is 10.5 Å². The van der Waals surface area contributed by atoms with E-state index in [4.69, 9.17) is 10.00 Å². The number of nitrogens with one attached hydrogen (secondary N) is 2. The Bertz CT molecular complexity index is 1400. The Morgan fingerprint density at radius 2 is 2.12 bits per heavy atom. The number of carbonyl (C=O) groups excluding carboxylic acids is 1. The summed E-state index contributed by atoms with van der Waals surface area (Å²) >= 11 is 0. The molecule has 172 valence electrons. The van der Waals surface area contributed by atoms with E-state index in [1.54, 1.807) is 34.7 Å². The summed E-state index contributed by atoms with van der Waals surface area (Å²) < 4.78 is 8.60. The number of hydrogen-bond acceptors (Lipinski definition) is 8. The number of nitriles is 1. The highest BCUT2D eigenvalue weighted by Gasteiger charge is 2.31. The fraction of sp³-hybridized carbons (Fsp3) is 0.304. The fourth-order valence-electron chi connectivity index (χ4n) is 4.12. The molecule has 0 aliphatic heterocycles. The van der Waals surface area contributed by atoms with E-state index in [1.807, 2.05) is 31.4 Å². The van der Waals surface area contributed by atoms with Crippen LogP contribution in [0.5, 0.6) is 0 Å². The van der Waals surface area contributed by atoms with Crippen molar-refractivity contribution in [3.8, 4) is 28.7 Å². The maximum atomic E-state index is 11.3. The molecule has 0 saturated heterocycles. The Hall–Kier alpha value is -4.46. The van der Waals surface area contributed by atoms with Gasteiger partial charge in [0.05, 0.1) is 41.5 Å². The first-order valence-corrected chi connectivity index (χ1v) is 10.9. The van der Waals surface area contributed by atoms with Gasteiger partial charge in [0.15, 0.2) is 0 Å². The van der Waals surface area contributed by atoms with Gasteiger partial charge in [0.25, 0.3) is 0 Å². The number of ether oxygens (including phenoxy) is 1. The number of aryl methyl sites for hydroxylation is 1. The van der Waals surface area contributed by atoms with Gasteiger partial charge in [-0.2, -0.15) is 10.4 Å². The minimum absolute atomic E-state index is 0.240. The molecule has 11 heteroatoms. The Labute approximate surface area is 195 Å². The van der Waals surface area contributed by atoms with Crippen LogP contribution >= 0.6 is 0 Å². The molecule has 4 heterocycles. The minimum atomic E-state index is -0.407. The van der Waals surface area contributed by atoms with E-state index >= 15 is 0 Å². The quantitative estimate of drug-likeness (QED) is 0.451. The van der Waals surface area contributed by atoms with E-state index < -0.39 is 6.09 Å². The van der Waals surface area contributed by atoms with E-state index in [2.05, 4.69) is 37.1 Å². The normalized spacial score (nSPS) is 17.1. The zero-order chi connectivity index (χ0) is 23.7. The van der Waals surface area contributed by atoms with Gasteiger partial charge in [-0.25, -0.2) is 9.31 Å². The predicted octanol–water partition coefficient (Wildman–Crippen LogP) is 2.61. The predicted molar refractivity (Wildman–Crippen MR) is 124 cm³/mol. The summed E-state index contributed by atoms with van der Waals surface area (Å²) in [7, 11) is 3.37. The van der Waals surface area contributed by atoms with Crippen molar-refractivity contribution in [1.82, 2.24) is 34.9 Å². The van der Waals surface area contributed by atoms with Gasteiger partial charge in [0.2, 0.25) is 0 Å². The smallest absolute Gasteiger partial charge is 0.406 e. The number of amides is 1. The van der Waals surface area contributed by atoms with Crippen molar-refractivity contribution in [1.29, 1.82) is 5.26 Å². The third kappa shape index (κ3) is 4.13. The zero-order valence-corrected chi connectivity index (χ0v) is 18.8. The van der Waals surface area contributed by atoms with E-state index in [-0.39, 0.29) is 6.04 Å². The van der Waals surface area contributed by atoms with Crippen molar-refractivity contribution in [2.24, 2.45) is 13.0 Å². The first-order chi connectivity index (χ1) is 16.5. The molecule has 1 fully saturated rings. The summed E-state index contributed by atoms with van der Waals surface area (Å²) in [6, 6.07) is 9.98. The van der Waals surface area contributed by atoms with Crippen molar-refractivity contribution in [3.63, 3.8) is 0 Å². The standard InChI is InChI=1S/C23H23N9O2/c1-25-23(33)34-13-14-5-16(6-14)28-19-8-20(26-11-18(19)21-12-31(2)30-29-21)22-4-3-17-7-15(9-24)10-27-32(17)22/h3-4,7-8,10-12,14,16H,5-6,13H2,1-2H3,(H,25,33)(H,26,28). The Morgan fingerprint density at radius 1 is 1.26 bits per heavy atom. The molecule has 0 bridgehead atoms. The van der Waals surface area contributed by atoms with Crippen LogP contribution < -0.4 is 10.6 Å². The molecular weight excluding hydrogens is 434 g/mol. The lowest BCUT2D eigenvalue weighted by Gasteiger charge is -2.36. The van der Waals surface area contributed by atoms with Crippen molar-refractivity contribution in [2.75, 3.05) is 19.0 Å². The third-order valence-electron chi connectivity index (χ3n) is 5.92. The number of fused-ring (bicyclic) bond motifs is 1. The molecule has 1 amide bonds. The number of rotatable bonds is 6. The average Bonchev–Trinajstić information content (AvgIpc) is 3.45. The molecule has 0 spiro atoms. The number of aromatic nitrogens is 6. The van der Waals surface area contributed by atoms with Crippen LogP contribution in [0.1, 0.15) is 18.4 Å². The van der Waals surface area contributed by atoms with Crippen LogP contribution in [0.2, 0.25) is 0 Å². The maximum absolute atomic E-state index is 11.3. The molecular formula is C23H23N9O2. The topological polar surface area (TPSA) is 135 Å². The van der Waals surface area contributed by atoms with Crippen LogP contribution in [0.25, 0.3) is 28.2 Å². The van der Waals surface area contributed by atoms with Crippen molar-refractivity contribution >= 4 is 17.3 Å². The van der Waals surface area contributed by atoms with Gasteiger partial charge in [-0.1, -0.05) is 5.21 Å². The minimum Gasteiger partial charge on any atom is -0.449 e. The van der Waals surface area contributed by atoms with Crippen LogP contribution in [-0.4, -0.2) is 55.4 Å². The molecule has 5 rings (SSSR count). The molecule has 4 aromatic rings. The Morgan fingerprint density at radius 3 is 2.85 bits per heavy atom. The van der Waals surface area contributed by atoms with Crippen molar-refractivity contribution in [2.45, 2.75) is 18.9 Å². The second-order valence-corrected chi connectivity index (χ2v) is 8.33. The molecule has 0 aromatic carbocycles. The monoisotopic (exact) mass is 457 g/mol. The van der Waals surface area contributed by atoms with Gasteiger partial charge in [-0.15, -0.1) is 5.10 Å². The summed E-state index contributed by atoms with van der Waals surface area (Å²) in [5, 5.41) is 27.9. The summed E-state index contributed by atoms with van der Waals surface area (Å²) in [5.74, 6) is 0.323. The largest absolute Gasteiger partial charge is 0.449 e. The number of hydrogen-bond donors (Lipinski definition) is 2.